The molecule has 29 heavy (non-hydrogen) atoms. The number of hydrogen-bond donors (Lipinski definition) is 0. The number of furan rings is 1. The molecule has 0 radical (unpaired) electrons. The zero-order valence-corrected chi connectivity index (χ0v) is 15.4. The lowest BCUT2D eigenvalue weighted by Gasteiger charge is -2.30. The molecule has 0 bridgehead atoms. The third-order valence-electron chi connectivity index (χ3n) is 4.74. The minimum atomic E-state index is -0.388. The first-order valence-corrected chi connectivity index (χ1v) is 9.18. The fourth-order valence-corrected chi connectivity index (χ4v) is 3.16. The third-order valence-corrected chi connectivity index (χ3v) is 4.74. The topological polar surface area (TPSA) is 98.7 Å². The second kappa shape index (κ2) is 8.26. The van der Waals surface area contributed by atoms with Crippen molar-refractivity contribution in [2.45, 2.75) is 19.4 Å². The van der Waals surface area contributed by atoms with Gasteiger partial charge in [0.05, 0.1) is 12.2 Å². The summed E-state index contributed by atoms with van der Waals surface area (Å²) in [5.74, 6) is -0.402. The van der Waals surface area contributed by atoms with Gasteiger partial charge in [-0.05, 0) is 49.2 Å². The van der Waals surface area contributed by atoms with E-state index in [0.717, 1.165) is 0 Å². The molecule has 2 aromatic heterocycles. The molecule has 3 aromatic rings. The van der Waals surface area contributed by atoms with Crippen molar-refractivity contribution in [3.63, 3.8) is 0 Å². The molecule has 1 aliphatic heterocycles. The van der Waals surface area contributed by atoms with E-state index in [9.17, 15) is 14.0 Å². The molecular formula is C20H18FN3O5. The Balaban J connectivity index is 1.26. The smallest absolute Gasteiger partial charge is 0.309 e. The predicted octanol–water partition coefficient (Wildman–Crippen LogP) is 3.06. The zero-order valence-electron chi connectivity index (χ0n) is 15.4. The highest BCUT2D eigenvalue weighted by atomic mass is 19.1. The Hall–Kier alpha value is -3.49. The molecule has 0 spiro atoms. The van der Waals surface area contributed by atoms with Gasteiger partial charge in [-0.1, -0.05) is 0 Å². The van der Waals surface area contributed by atoms with Crippen molar-refractivity contribution in [1.29, 1.82) is 0 Å². The Morgan fingerprint density at radius 3 is 2.59 bits per heavy atom. The molecule has 0 atom stereocenters. The maximum absolute atomic E-state index is 13.0. The van der Waals surface area contributed by atoms with Crippen LogP contribution in [0.4, 0.5) is 4.39 Å². The average molecular weight is 399 g/mol. The van der Waals surface area contributed by atoms with E-state index in [1.54, 1.807) is 17.0 Å². The standard InChI is InChI=1S/C20H18FN3O5/c21-15-5-3-13(4-6-15)19(25)24-9-7-14(8-10-24)20(26)28-12-17-22-23-18(29-17)16-2-1-11-27-16/h1-6,11,14H,7-10,12H2. The average Bonchev–Trinajstić information content (AvgIpc) is 3.44. The van der Waals surface area contributed by atoms with Crippen molar-refractivity contribution in [1.82, 2.24) is 15.1 Å². The third kappa shape index (κ3) is 4.34. The molecule has 4 rings (SSSR count). The first-order valence-electron chi connectivity index (χ1n) is 9.18. The number of amides is 1. The number of rotatable bonds is 5. The number of aromatic nitrogens is 2. The molecule has 8 nitrogen and oxygen atoms in total. The van der Waals surface area contributed by atoms with Crippen LogP contribution in [0.3, 0.4) is 0 Å². The van der Waals surface area contributed by atoms with Crippen molar-refractivity contribution in [2.75, 3.05) is 13.1 Å². The summed E-state index contributed by atoms with van der Waals surface area (Å²) in [7, 11) is 0. The van der Waals surface area contributed by atoms with E-state index in [-0.39, 0.29) is 42.0 Å². The van der Waals surface area contributed by atoms with Crippen LogP contribution in [0, 0.1) is 11.7 Å². The van der Waals surface area contributed by atoms with Gasteiger partial charge >= 0.3 is 5.97 Å². The summed E-state index contributed by atoms with van der Waals surface area (Å²) in [5.41, 5.74) is 0.427. The first kappa shape index (κ1) is 18.9. The number of hydrogen-bond acceptors (Lipinski definition) is 7. The lowest BCUT2D eigenvalue weighted by Crippen LogP contribution is -2.40. The number of carbonyl (C=O) groups excluding carboxylic acids is 2. The number of piperidine rings is 1. The Bertz CT molecular complexity index is 976. The second-order valence-electron chi connectivity index (χ2n) is 6.66. The van der Waals surface area contributed by atoms with Crippen LogP contribution < -0.4 is 0 Å². The van der Waals surface area contributed by atoms with Gasteiger partial charge < -0.3 is 18.5 Å². The normalized spacial score (nSPS) is 14.7. The summed E-state index contributed by atoms with van der Waals surface area (Å²) >= 11 is 0. The van der Waals surface area contributed by atoms with Gasteiger partial charge in [0.15, 0.2) is 12.4 Å². The Kier molecular flexibility index (Phi) is 5.37. The molecule has 1 amide bonds. The van der Waals surface area contributed by atoms with Crippen LogP contribution >= 0.6 is 0 Å². The highest BCUT2D eigenvalue weighted by Gasteiger charge is 2.29. The van der Waals surface area contributed by atoms with E-state index < -0.39 is 0 Å². The van der Waals surface area contributed by atoms with Gasteiger partial charge in [0.25, 0.3) is 17.7 Å². The maximum atomic E-state index is 13.0. The lowest BCUT2D eigenvalue weighted by molar-refractivity contribution is -0.152. The predicted molar refractivity (Wildman–Crippen MR) is 96.8 cm³/mol. The van der Waals surface area contributed by atoms with Crippen LogP contribution in [0.15, 0.2) is 51.5 Å². The SMILES string of the molecule is O=C(OCc1nnc(-c2ccco2)o1)C1CCN(C(=O)c2ccc(F)cc2)CC1. The molecule has 0 saturated carbocycles. The minimum Gasteiger partial charge on any atom is -0.459 e. The van der Waals surface area contributed by atoms with Crippen molar-refractivity contribution in [2.24, 2.45) is 5.92 Å². The monoisotopic (exact) mass is 399 g/mol. The molecule has 3 heterocycles. The largest absolute Gasteiger partial charge is 0.459 e. The summed E-state index contributed by atoms with van der Waals surface area (Å²) < 4.78 is 28.9. The summed E-state index contributed by atoms with van der Waals surface area (Å²) in [4.78, 5) is 26.4. The van der Waals surface area contributed by atoms with Gasteiger partial charge in [-0.2, -0.15) is 0 Å². The van der Waals surface area contributed by atoms with E-state index >= 15 is 0 Å². The molecule has 1 saturated heterocycles. The highest BCUT2D eigenvalue weighted by Crippen LogP contribution is 2.22. The van der Waals surface area contributed by atoms with Crippen LogP contribution in [0.25, 0.3) is 11.7 Å². The molecular weight excluding hydrogens is 381 g/mol. The number of likely N-dealkylation sites (tertiary alicyclic amines) is 1. The molecule has 0 unspecified atom stereocenters. The molecule has 0 aliphatic carbocycles. The molecule has 1 fully saturated rings. The van der Waals surface area contributed by atoms with Crippen LogP contribution in [-0.2, 0) is 16.1 Å². The van der Waals surface area contributed by atoms with E-state index in [0.29, 0.717) is 37.3 Å². The van der Waals surface area contributed by atoms with Gasteiger partial charge in [0.2, 0.25) is 0 Å². The van der Waals surface area contributed by atoms with E-state index in [2.05, 4.69) is 10.2 Å². The van der Waals surface area contributed by atoms with Gasteiger partial charge in [-0.15, -0.1) is 10.2 Å². The van der Waals surface area contributed by atoms with Gasteiger partial charge in [0, 0.05) is 18.7 Å². The summed E-state index contributed by atoms with van der Waals surface area (Å²) in [6.45, 7) is 0.736. The van der Waals surface area contributed by atoms with Gasteiger partial charge in [-0.25, -0.2) is 4.39 Å². The number of esters is 1. The molecule has 150 valence electrons. The number of halogens is 1. The Morgan fingerprint density at radius 2 is 1.90 bits per heavy atom. The minimum absolute atomic E-state index is 0.124. The first-order chi connectivity index (χ1) is 14.1. The van der Waals surface area contributed by atoms with Gasteiger partial charge in [0.1, 0.15) is 5.82 Å². The van der Waals surface area contributed by atoms with Crippen LogP contribution in [0.5, 0.6) is 0 Å². The quantitative estimate of drug-likeness (QED) is 0.608. The van der Waals surface area contributed by atoms with E-state index in [1.807, 2.05) is 0 Å². The van der Waals surface area contributed by atoms with E-state index in [1.165, 1.54) is 30.5 Å². The zero-order chi connectivity index (χ0) is 20.2. The highest BCUT2D eigenvalue weighted by molar-refractivity contribution is 5.94. The summed E-state index contributed by atoms with van der Waals surface area (Å²) in [6.07, 6.45) is 2.48. The van der Waals surface area contributed by atoms with Crippen LogP contribution in [0.2, 0.25) is 0 Å². The number of ether oxygens (including phenoxy) is 1. The molecule has 1 aliphatic rings. The van der Waals surface area contributed by atoms with Gasteiger partial charge in [-0.3, -0.25) is 9.59 Å². The maximum Gasteiger partial charge on any atom is 0.309 e. The second-order valence-corrected chi connectivity index (χ2v) is 6.66. The number of carbonyl (C=O) groups is 2. The number of benzene rings is 1. The molecule has 9 heteroatoms. The molecule has 1 aromatic carbocycles. The van der Waals surface area contributed by atoms with Crippen molar-refractivity contribution in [3.8, 4) is 11.7 Å². The Morgan fingerprint density at radius 1 is 1.14 bits per heavy atom. The number of nitrogens with zero attached hydrogens (tertiary/aromatic N) is 3. The fraction of sp³-hybridized carbons (Fsp3) is 0.300. The fourth-order valence-electron chi connectivity index (χ4n) is 3.16. The van der Waals surface area contributed by atoms with E-state index in [4.69, 9.17) is 13.6 Å². The molecule has 0 N–H and O–H groups in total. The van der Waals surface area contributed by atoms with Crippen LogP contribution in [0.1, 0.15) is 29.1 Å². The summed E-state index contributed by atoms with van der Waals surface area (Å²) in [6, 6.07) is 8.81. The lowest BCUT2D eigenvalue weighted by atomic mass is 9.96. The summed E-state index contributed by atoms with van der Waals surface area (Å²) in [5, 5.41) is 7.67. The van der Waals surface area contributed by atoms with Crippen LogP contribution in [-0.4, -0.2) is 40.1 Å². The van der Waals surface area contributed by atoms with Crippen molar-refractivity contribution < 1.29 is 27.6 Å². The van der Waals surface area contributed by atoms with Crippen molar-refractivity contribution in [3.05, 3.63) is 59.9 Å². The Labute approximate surface area is 165 Å². The van der Waals surface area contributed by atoms with Crippen molar-refractivity contribution >= 4 is 11.9 Å².